The van der Waals surface area contributed by atoms with Gasteiger partial charge in [-0.15, -0.1) is 0 Å². The third-order valence-electron chi connectivity index (χ3n) is 3.11. The van der Waals surface area contributed by atoms with Crippen LogP contribution in [0.25, 0.3) is 11.3 Å². The van der Waals surface area contributed by atoms with Gasteiger partial charge in [0.1, 0.15) is 17.3 Å². The Balaban J connectivity index is 1.71. The highest BCUT2D eigenvalue weighted by molar-refractivity contribution is 6.33. The van der Waals surface area contributed by atoms with Crippen LogP contribution in [0.1, 0.15) is 5.76 Å². The third-order valence-corrected chi connectivity index (χ3v) is 3.44. The van der Waals surface area contributed by atoms with E-state index in [1.54, 1.807) is 12.1 Å². The molecule has 1 aromatic heterocycles. The number of halogens is 2. The molecule has 1 heterocycles. The fraction of sp³-hybridized carbons (Fsp3) is 0.0588. The molecule has 3 rings (SSSR count). The summed E-state index contributed by atoms with van der Waals surface area (Å²) in [7, 11) is 0. The zero-order valence-electron chi connectivity index (χ0n) is 11.1. The van der Waals surface area contributed by atoms with E-state index < -0.39 is 0 Å². The number of hydrogen-bond acceptors (Lipinski definition) is 2. The van der Waals surface area contributed by atoms with Crippen molar-refractivity contribution in [3.63, 3.8) is 0 Å². The molecule has 4 heteroatoms. The summed E-state index contributed by atoms with van der Waals surface area (Å²) in [6.07, 6.45) is 0. The average molecular weight is 302 g/mol. The van der Waals surface area contributed by atoms with E-state index in [9.17, 15) is 4.39 Å². The SMILES string of the molecule is Fc1ccc(NCc2ccc(-c3ccccc3Cl)o2)cc1. The summed E-state index contributed by atoms with van der Waals surface area (Å²) in [5.74, 6) is 1.27. The topological polar surface area (TPSA) is 25.2 Å². The Hall–Kier alpha value is -2.26. The summed E-state index contributed by atoms with van der Waals surface area (Å²) in [4.78, 5) is 0. The van der Waals surface area contributed by atoms with Gasteiger partial charge in [0.05, 0.1) is 11.6 Å². The molecule has 0 fully saturated rings. The first-order chi connectivity index (χ1) is 10.2. The molecule has 2 nitrogen and oxygen atoms in total. The number of benzene rings is 2. The van der Waals surface area contributed by atoms with E-state index in [1.807, 2.05) is 36.4 Å². The molecular formula is C17H13ClFNO. The monoisotopic (exact) mass is 301 g/mol. The van der Waals surface area contributed by atoms with E-state index in [4.69, 9.17) is 16.0 Å². The van der Waals surface area contributed by atoms with E-state index >= 15 is 0 Å². The molecule has 0 amide bonds. The average Bonchev–Trinajstić information content (AvgIpc) is 2.96. The summed E-state index contributed by atoms with van der Waals surface area (Å²) in [6.45, 7) is 0.524. The molecule has 3 aromatic rings. The van der Waals surface area contributed by atoms with Gasteiger partial charge in [0.25, 0.3) is 0 Å². The molecule has 0 atom stereocenters. The Morgan fingerprint density at radius 1 is 0.952 bits per heavy atom. The number of nitrogens with one attached hydrogen (secondary N) is 1. The lowest BCUT2D eigenvalue weighted by atomic mass is 10.2. The second kappa shape index (κ2) is 6.02. The van der Waals surface area contributed by atoms with Crippen molar-refractivity contribution in [2.75, 3.05) is 5.32 Å². The summed E-state index contributed by atoms with van der Waals surface area (Å²) in [5.41, 5.74) is 1.71. The Morgan fingerprint density at radius 2 is 1.71 bits per heavy atom. The van der Waals surface area contributed by atoms with Crippen LogP contribution in [0, 0.1) is 5.82 Å². The molecule has 0 aliphatic rings. The normalized spacial score (nSPS) is 10.6. The molecule has 0 aliphatic carbocycles. The third kappa shape index (κ3) is 3.26. The fourth-order valence-corrected chi connectivity index (χ4v) is 2.26. The Bertz CT molecular complexity index is 737. The van der Waals surface area contributed by atoms with Crippen molar-refractivity contribution < 1.29 is 8.81 Å². The molecule has 0 aliphatic heterocycles. The number of anilines is 1. The van der Waals surface area contributed by atoms with Gasteiger partial charge in [0.2, 0.25) is 0 Å². The van der Waals surface area contributed by atoms with Gasteiger partial charge in [-0.3, -0.25) is 0 Å². The van der Waals surface area contributed by atoms with Crippen LogP contribution in [0.5, 0.6) is 0 Å². The summed E-state index contributed by atoms with van der Waals surface area (Å²) in [6, 6.07) is 17.5. The zero-order chi connectivity index (χ0) is 14.7. The van der Waals surface area contributed by atoms with Gasteiger partial charge in [-0.05, 0) is 48.5 Å². The van der Waals surface area contributed by atoms with Crippen molar-refractivity contribution in [3.8, 4) is 11.3 Å². The number of hydrogen-bond donors (Lipinski definition) is 1. The zero-order valence-corrected chi connectivity index (χ0v) is 11.9. The van der Waals surface area contributed by atoms with Crippen LogP contribution in [0.4, 0.5) is 10.1 Å². The highest BCUT2D eigenvalue weighted by Crippen LogP contribution is 2.29. The largest absolute Gasteiger partial charge is 0.459 e. The highest BCUT2D eigenvalue weighted by atomic mass is 35.5. The Kier molecular flexibility index (Phi) is 3.93. The van der Waals surface area contributed by atoms with Crippen molar-refractivity contribution in [2.45, 2.75) is 6.54 Å². The lowest BCUT2D eigenvalue weighted by molar-refractivity contribution is 0.531. The predicted molar refractivity (Wildman–Crippen MR) is 82.9 cm³/mol. The molecule has 21 heavy (non-hydrogen) atoms. The van der Waals surface area contributed by atoms with Gasteiger partial charge < -0.3 is 9.73 Å². The second-order valence-electron chi connectivity index (χ2n) is 4.61. The van der Waals surface area contributed by atoms with Crippen molar-refractivity contribution in [1.29, 1.82) is 0 Å². The minimum Gasteiger partial charge on any atom is -0.459 e. The summed E-state index contributed by atoms with van der Waals surface area (Å²) in [5, 5.41) is 3.83. The molecule has 2 aromatic carbocycles. The molecule has 0 bridgehead atoms. The summed E-state index contributed by atoms with van der Waals surface area (Å²) < 4.78 is 18.6. The van der Waals surface area contributed by atoms with Crippen LogP contribution in [0.3, 0.4) is 0 Å². The molecular weight excluding hydrogens is 289 g/mol. The summed E-state index contributed by atoms with van der Waals surface area (Å²) >= 11 is 6.14. The van der Waals surface area contributed by atoms with E-state index in [-0.39, 0.29) is 5.82 Å². The van der Waals surface area contributed by atoms with Crippen LogP contribution in [0.15, 0.2) is 65.1 Å². The first-order valence-corrected chi connectivity index (χ1v) is 6.93. The maximum absolute atomic E-state index is 12.8. The van der Waals surface area contributed by atoms with Gasteiger partial charge in [-0.25, -0.2) is 4.39 Å². The molecule has 1 N–H and O–H groups in total. The van der Waals surface area contributed by atoms with E-state index in [0.29, 0.717) is 11.6 Å². The molecule has 0 radical (unpaired) electrons. The van der Waals surface area contributed by atoms with Crippen LogP contribution in [-0.2, 0) is 6.54 Å². The molecule has 0 unspecified atom stereocenters. The minimum absolute atomic E-state index is 0.250. The Morgan fingerprint density at radius 3 is 2.48 bits per heavy atom. The van der Waals surface area contributed by atoms with Crippen molar-refractivity contribution in [3.05, 3.63) is 77.3 Å². The molecule has 0 saturated carbocycles. The predicted octanol–water partition coefficient (Wildman–Crippen LogP) is 5.35. The minimum atomic E-state index is -0.250. The second-order valence-corrected chi connectivity index (χ2v) is 5.01. The molecule has 106 valence electrons. The maximum atomic E-state index is 12.8. The quantitative estimate of drug-likeness (QED) is 0.702. The first kappa shape index (κ1) is 13.7. The van der Waals surface area contributed by atoms with E-state index in [1.165, 1.54) is 12.1 Å². The standard InChI is InChI=1S/C17H13ClFNO/c18-16-4-2-1-3-15(16)17-10-9-14(21-17)11-20-13-7-5-12(19)6-8-13/h1-10,20H,11H2. The van der Waals surface area contributed by atoms with Gasteiger partial charge in [-0.2, -0.15) is 0 Å². The van der Waals surface area contributed by atoms with Gasteiger partial charge in [0, 0.05) is 11.3 Å². The van der Waals surface area contributed by atoms with E-state index in [2.05, 4.69) is 5.32 Å². The van der Waals surface area contributed by atoms with Gasteiger partial charge >= 0.3 is 0 Å². The van der Waals surface area contributed by atoms with Crippen molar-refractivity contribution in [2.24, 2.45) is 0 Å². The van der Waals surface area contributed by atoms with Crippen molar-refractivity contribution in [1.82, 2.24) is 0 Å². The fourth-order valence-electron chi connectivity index (χ4n) is 2.04. The maximum Gasteiger partial charge on any atom is 0.135 e. The van der Waals surface area contributed by atoms with Crippen LogP contribution >= 0.6 is 11.6 Å². The lowest BCUT2D eigenvalue weighted by Gasteiger charge is -2.04. The number of furan rings is 1. The first-order valence-electron chi connectivity index (χ1n) is 6.55. The Labute approximate surface area is 127 Å². The van der Waals surface area contributed by atoms with Gasteiger partial charge in [0.15, 0.2) is 0 Å². The smallest absolute Gasteiger partial charge is 0.135 e. The van der Waals surface area contributed by atoms with Crippen LogP contribution in [-0.4, -0.2) is 0 Å². The van der Waals surface area contributed by atoms with Crippen LogP contribution in [0.2, 0.25) is 5.02 Å². The van der Waals surface area contributed by atoms with Gasteiger partial charge in [-0.1, -0.05) is 23.7 Å². The lowest BCUT2D eigenvalue weighted by Crippen LogP contribution is -1.97. The van der Waals surface area contributed by atoms with E-state index in [0.717, 1.165) is 22.8 Å². The highest BCUT2D eigenvalue weighted by Gasteiger charge is 2.07. The molecule has 0 spiro atoms. The molecule has 0 saturated heterocycles. The van der Waals surface area contributed by atoms with Crippen molar-refractivity contribution >= 4 is 17.3 Å². The van der Waals surface area contributed by atoms with Crippen LogP contribution < -0.4 is 5.32 Å². The number of rotatable bonds is 4.